The Kier molecular flexibility index (Phi) is 3.88. The van der Waals surface area contributed by atoms with E-state index in [4.69, 9.17) is 11.6 Å². The van der Waals surface area contributed by atoms with E-state index < -0.39 is 0 Å². The molecule has 2 aromatic rings. The molecule has 0 saturated heterocycles. The monoisotopic (exact) mass is 265 g/mol. The molecule has 0 saturated carbocycles. The van der Waals surface area contributed by atoms with E-state index in [1.165, 1.54) is 11.0 Å². The van der Waals surface area contributed by atoms with Gasteiger partial charge >= 0.3 is 0 Å². The Morgan fingerprint density at radius 1 is 1.56 bits per heavy atom. The lowest BCUT2D eigenvalue weighted by Crippen LogP contribution is -2.30. The quantitative estimate of drug-likeness (QED) is 0.902. The van der Waals surface area contributed by atoms with Crippen LogP contribution in [0.3, 0.4) is 0 Å². The highest BCUT2D eigenvalue weighted by molar-refractivity contribution is 6.30. The van der Waals surface area contributed by atoms with Gasteiger partial charge in [-0.05, 0) is 35.0 Å². The van der Waals surface area contributed by atoms with Gasteiger partial charge in [0, 0.05) is 5.02 Å². The summed E-state index contributed by atoms with van der Waals surface area (Å²) in [7, 11) is 0. The molecule has 1 N–H and O–H groups in total. The van der Waals surface area contributed by atoms with E-state index in [1.54, 1.807) is 6.07 Å². The third-order valence-corrected chi connectivity index (χ3v) is 2.66. The second-order valence-electron chi connectivity index (χ2n) is 3.85. The molecule has 6 nitrogen and oxygen atoms in total. The molecule has 1 aromatic carbocycles. The van der Waals surface area contributed by atoms with E-state index in [2.05, 4.69) is 20.8 Å². The number of carbonyl (C=O) groups is 1. The Morgan fingerprint density at radius 2 is 2.39 bits per heavy atom. The number of benzene rings is 1. The summed E-state index contributed by atoms with van der Waals surface area (Å²) in [6.07, 6.45) is 1.39. The van der Waals surface area contributed by atoms with E-state index >= 15 is 0 Å². The minimum atomic E-state index is -0.158. The van der Waals surface area contributed by atoms with Crippen LogP contribution in [0.1, 0.15) is 18.5 Å². The highest BCUT2D eigenvalue weighted by Crippen LogP contribution is 2.17. The lowest BCUT2D eigenvalue weighted by molar-refractivity contribution is -0.122. The van der Waals surface area contributed by atoms with Crippen molar-refractivity contribution in [3.8, 4) is 0 Å². The highest BCUT2D eigenvalue weighted by atomic mass is 35.5. The largest absolute Gasteiger partial charge is 0.348 e. The summed E-state index contributed by atoms with van der Waals surface area (Å²) in [6, 6.07) is 7.26. The first kappa shape index (κ1) is 12.5. The van der Waals surface area contributed by atoms with Crippen molar-refractivity contribution in [3.63, 3.8) is 0 Å². The lowest BCUT2D eigenvalue weighted by atomic mass is 10.1. The number of hydrogen-bond acceptors (Lipinski definition) is 4. The number of hydrogen-bond donors (Lipinski definition) is 1. The zero-order valence-corrected chi connectivity index (χ0v) is 10.5. The lowest BCUT2D eigenvalue weighted by Gasteiger charge is -2.14. The van der Waals surface area contributed by atoms with Crippen molar-refractivity contribution in [1.29, 1.82) is 0 Å². The first-order valence-corrected chi connectivity index (χ1v) is 5.78. The van der Waals surface area contributed by atoms with Gasteiger partial charge in [-0.15, -0.1) is 5.10 Å². The summed E-state index contributed by atoms with van der Waals surface area (Å²) in [4.78, 5) is 11.7. The van der Waals surface area contributed by atoms with Crippen LogP contribution in [0.4, 0.5) is 0 Å². The number of tetrazole rings is 1. The van der Waals surface area contributed by atoms with Gasteiger partial charge in [0.1, 0.15) is 12.9 Å². The van der Waals surface area contributed by atoms with Crippen LogP contribution in [-0.4, -0.2) is 26.1 Å². The molecule has 0 bridgehead atoms. The molecule has 7 heteroatoms. The Morgan fingerprint density at radius 3 is 3.06 bits per heavy atom. The minimum Gasteiger partial charge on any atom is -0.348 e. The van der Waals surface area contributed by atoms with E-state index in [0.29, 0.717) is 5.02 Å². The molecule has 1 aromatic heterocycles. The van der Waals surface area contributed by atoms with Crippen molar-refractivity contribution >= 4 is 17.5 Å². The van der Waals surface area contributed by atoms with Crippen LogP contribution in [0.25, 0.3) is 0 Å². The van der Waals surface area contributed by atoms with Gasteiger partial charge in [-0.3, -0.25) is 4.79 Å². The predicted molar refractivity (Wildman–Crippen MR) is 65.8 cm³/mol. The van der Waals surface area contributed by atoms with Gasteiger partial charge in [0.2, 0.25) is 5.91 Å². The molecule has 0 aliphatic rings. The summed E-state index contributed by atoms with van der Waals surface area (Å²) < 4.78 is 1.36. The fraction of sp³-hybridized carbons (Fsp3) is 0.273. The number of aromatic nitrogens is 4. The first-order chi connectivity index (χ1) is 8.65. The topological polar surface area (TPSA) is 72.7 Å². The van der Waals surface area contributed by atoms with Gasteiger partial charge in [0.05, 0.1) is 6.04 Å². The van der Waals surface area contributed by atoms with Gasteiger partial charge in [-0.2, -0.15) is 0 Å². The number of carbonyl (C=O) groups excluding carboxylic acids is 1. The summed E-state index contributed by atoms with van der Waals surface area (Å²) in [5, 5.41) is 14.0. The molecule has 0 aliphatic carbocycles. The van der Waals surface area contributed by atoms with Crippen molar-refractivity contribution < 1.29 is 4.79 Å². The SMILES string of the molecule is C[C@@H](NC(=O)Cn1cnnn1)c1cccc(Cl)c1. The Hall–Kier alpha value is -1.95. The van der Waals surface area contributed by atoms with Gasteiger partial charge in [0.25, 0.3) is 0 Å². The first-order valence-electron chi connectivity index (χ1n) is 5.41. The summed E-state index contributed by atoms with van der Waals surface area (Å²) in [5.41, 5.74) is 0.951. The molecule has 1 amide bonds. The van der Waals surface area contributed by atoms with Crippen LogP contribution in [0.15, 0.2) is 30.6 Å². The Balaban J connectivity index is 1.95. The molecular formula is C11H12ClN5O. The summed E-state index contributed by atoms with van der Waals surface area (Å²) >= 11 is 5.90. The van der Waals surface area contributed by atoms with Gasteiger partial charge in [-0.1, -0.05) is 23.7 Å². The predicted octanol–water partition coefficient (Wildman–Crippen LogP) is 1.20. The third-order valence-electron chi connectivity index (χ3n) is 2.42. The molecule has 0 fully saturated rings. The molecule has 18 heavy (non-hydrogen) atoms. The van der Waals surface area contributed by atoms with Crippen molar-refractivity contribution in [2.24, 2.45) is 0 Å². The smallest absolute Gasteiger partial charge is 0.242 e. The van der Waals surface area contributed by atoms with Crippen molar-refractivity contribution in [1.82, 2.24) is 25.5 Å². The second kappa shape index (κ2) is 5.59. The maximum absolute atomic E-state index is 11.7. The standard InChI is InChI=1S/C11H12ClN5O/c1-8(9-3-2-4-10(12)5-9)14-11(18)6-17-7-13-15-16-17/h2-5,7-8H,6H2,1H3,(H,14,18)/t8-/m1/s1. The van der Waals surface area contributed by atoms with E-state index in [9.17, 15) is 4.79 Å². The number of nitrogens with zero attached hydrogens (tertiary/aromatic N) is 4. The van der Waals surface area contributed by atoms with Crippen LogP contribution < -0.4 is 5.32 Å². The zero-order valence-electron chi connectivity index (χ0n) is 9.75. The number of amides is 1. The number of nitrogens with one attached hydrogen (secondary N) is 1. The normalized spacial score (nSPS) is 12.1. The van der Waals surface area contributed by atoms with Crippen LogP contribution in [-0.2, 0) is 11.3 Å². The minimum absolute atomic E-state index is 0.0951. The fourth-order valence-electron chi connectivity index (χ4n) is 1.55. The second-order valence-corrected chi connectivity index (χ2v) is 4.29. The van der Waals surface area contributed by atoms with E-state index in [1.807, 2.05) is 25.1 Å². The summed E-state index contributed by atoms with van der Waals surface area (Å²) in [6.45, 7) is 1.99. The van der Waals surface area contributed by atoms with Crippen molar-refractivity contribution in [3.05, 3.63) is 41.2 Å². The van der Waals surface area contributed by atoms with Crippen molar-refractivity contribution in [2.75, 3.05) is 0 Å². The molecule has 0 spiro atoms. The average molecular weight is 266 g/mol. The van der Waals surface area contributed by atoms with Gasteiger partial charge in [-0.25, -0.2) is 4.68 Å². The average Bonchev–Trinajstić information content (AvgIpc) is 2.81. The molecule has 1 atom stereocenters. The van der Waals surface area contributed by atoms with Crippen LogP contribution >= 0.6 is 11.6 Å². The number of rotatable bonds is 4. The van der Waals surface area contributed by atoms with Gasteiger partial charge < -0.3 is 5.32 Å². The molecule has 94 valence electrons. The molecule has 0 radical (unpaired) electrons. The Labute approximate surface area is 109 Å². The molecular weight excluding hydrogens is 254 g/mol. The third kappa shape index (κ3) is 3.27. The molecule has 0 unspecified atom stereocenters. The molecule has 1 heterocycles. The van der Waals surface area contributed by atoms with Crippen molar-refractivity contribution in [2.45, 2.75) is 19.5 Å². The zero-order chi connectivity index (χ0) is 13.0. The maximum Gasteiger partial charge on any atom is 0.242 e. The van der Waals surface area contributed by atoms with E-state index in [0.717, 1.165) is 5.56 Å². The van der Waals surface area contributed by atoms with Crippen LogP contribution in [0.5, 0.6) is 0 Å². The van der Waals surface area contributed by atoms with Crippen LogP contribution in [0.2, 0.25) is 5.02 Å². The molecule has 0 aliphatic heterocycles. The highest BCUT2D eigenvalue weighted by Gasteiger charge is 2.10. The Bertz CT molecular complexity index is 528. The van der Waals surface area contributed by atoms with Crippen LogP contribution in [0, 0.1) is 0 Å². The van der Waals surface area contributed by atoms with E-state index in [-0.39, 0.29) is 18.5 Å². The fourth-order valence-corrected chi connectivity index (χ4v) is 1.74. The number of halogens is 1. The summed E-state index contributed by atoms with van der Waals surface area (Å²) in [5.74, 6) is -0.158. The molecule has 2 rings (SSSR count). The maximum atomic E-state index is 11.7. The van der Waals surface area contributed by atoms with Gasteiger partial charge in [0.15, 0.2) is 0 Å².